The first kappa shape index (κ1) is 56.3. The van der Waals surface area contributed by atoms with Crippen LogP contribution in [-0.2, 0) is 28.6 Å². The summed E-state index contributed by atoms with van der Waals surface area (Å²) < 4.78 is 16.6. The predicted molar refractivity (Wildman–Crippen MR) is 260 cm³/mol. The van der Waals surface area contributed by atoms with Gasteiger partial charge >= 0.3 is 17.9 Å². The van der Waals surface area contributed by atoms with E-state index >= 15 is 0 Å². The summed E-state index contributed by atoms with van der Waals surface area (Å²) in [4.78, 5) is 37.8. The molecule has 0 rings (SSSR count). The van der Waals surface area contributed by atoms with Gasteiger partial charge in [-0.25, -0.2) is 0 Å². The van der Waals surface area contributed by atoms with Gasteiger partial charge in [-0.2, -0.15) is 0 Å². The van der Waals surface area contributed by atoms with Gasteiger partial charge in [0.15, 0.2) is 6.10 Å². The van der Waals surface area contributed by atoms with Gasteiger partial charge in [0.2, 0.25) is 0 Å². The van der Waals surface area contributed by atoms with Crippen LogP contribution in [0.5, 0.6) is 0 Å². The summed E-state index contributed by atoms with van der Waals surface area (Å²) in [7, 11) is 0. The smallest absolute Gasteiger partial charge is 0.306 e. The van der Waals surface area contributed by atoms with E-state index in [1.807, 2.05) is 48.6 Å². The second-order valence-electron chi connectivity index (χ2n) is 14.6. The molecule has 0 saturated carbocycles. The van der Waals surface area contributed by atoms with Crippen LogP contribution in [0.25, 0.3) is 0 Å². The molecule has 0 bridgehead atoms. The van der Waals surface area contributed by atoms with E-state index in [2.05, 4.69) is 118 Å². The normalized spacial score (nSPS) is 13.4. The number of allylic oxidation sites excluding steroid dienone is 24. The fourth-order valence-electron chi connectivity index (χ4n) is 5.51. The van der Waals surface area contributed by atoms with Crippen molar-refractivity contribution in [2.45, 2.75) is 168 Å². The van der Waals surface area contributed by atoms with E-state index in [1.54, 1.807) is 0 Å². The third-order valence-corrected chi connectivity index (χ3v) is 8.93. The van der Waals surface area contributed by atoms with E-state index in [0.29, 0.717) is 12.8 Å². The molecule has 0 aliphatic rings. The van der Waals surface area contributed by atoms with E-state index in [0.717, 1.165) is 109 Å². The highest BCUT2D eigenvalue weighted by Gasteiger charge is 2.19. The SMILES string of the molecule is CC/C=C/C=C/C=C/C=C/CCCCCC(=O)OCC(COC(=O)CC/C=C/C/C=C/C/C=C/C/C=C/C/C=C/CC)OC(=O)CCCCCC/C=C/C/C=C/C/C=C/CC. The van der Waals surface area contributed by atoms with Crippen molar-refractivity contribution in [2.24, 2.45) is 0 Å². The molecule has 0 aromatic carbocycles. The second kappa shape index (κ2) is 48.0. The highest BCUT2D eigenvalue weighted by molar-refractivity contribution is 5.71. The number of carbonyl (C=O) groups excluding carboxylic acids is 3. The summed E-state index contributed by atoms with van der Waals surface area (Å²) in [6.45, 7) is 6.10. The maximum Gasteiger partial charge on any atom is 0.306 e. The summed E-state index contributed by atoms with van der Waals surface area (Å²) in [5.74, 6) is -1.10. The summed E-state index contributed by atoms with van der Waals surface area (Å²) in [6.07, 6.45) is 68.4. The molecule has 0 radical (unpaired) electrons. The zero-order chi connectivity index (χ0) is 44.4. The maximum atomic E-state index is 12.7. The van der Waals surface area contributed by atoms with Gasteiger partial charge < -0.3 is 14.2 Å². The number of esters is 3. The molecule has 0 spiro atoms. The van der Waals surface area contributed by atoms with Crippen molar-refractivity contribution in [3.8, 4) is 0 Å². The second-order valence-corrected chi connectivity index (χ2v) is 14.6. The molecule has 1 unspecified atom stereocenters. The molecule has 0 heterocycles. The molecule has 0 amide bonds. The fourth-order valence-corrected chi connectivity index (χ4v) is 5.51. The molecule has 0 saturated heterocycles. The lowest BCUT2D eigenvalue weighted by Crippen LogP contribution is -2.30. The van der Waals surface area contributed by atoms with Crippen LogP contribution in [0.4, 0.5) is 0 Å². The van der Waals surface area contributed by atoms with Gasteiger partial charge in [-0.3, -0.25) is 14.4 Å². The van der Waals surface area contributed by atoms with Crippen molar-refractivity contribution < 1.29 is 28.6 Å². The molecule has 1 atom stereocenters. The zero-order valence-corrected chi connectivity index (χ0v) is 38.4. The Morgan fingerprint density at radius 3 is 1.21 bits per heavy atom. The number of hydrogen-bond donors (Lipinski definition) is 0. The minimum Gasteiger partial charge on any atom is -0.462 e. The van der Waals surface area contributed by atoms with Crippen LogP contribution in [0.3, 0.4) is 0 Å². The maximum absolute atomic E-state index is 12.7. The Hall–Kier alpha value is -4.71. The van der Waals surface area contributed by atoms with Crippen molar-refractivity contribution >= 4 is 17.9 Å². The van der Waals surface area contributed by atoms with Gasteiger partial charge in [-0.15, -0.1) is 0 Å². The summed E-state index contributed by atoms with van der Waals surface area (Å²) >= 11 is 0. The van der Waals surface area contributed by atoms with Crippen LogP contribution >= 0.6 is 0 Å². The third kappa shape index (κ3) is 46.2. The average molecular weight is 839 g/mol. The first-order valence-electron chi connectivity index (χ1n) is 23.4. The van der Waals surface area contributed by atoms with Crippen LogP contribution in [0.15, 0.2) is 146 Å². The molecule has 338 valence electrons. The topological polar surface area (TPSA) is 78.9 Å². The van der Waals surface area contributed by atoms with Crippen molar-refractivity contribution in [1.29, 1.82) is 0 Å². The molecule has 6 heteroatoms. The fraction of sp³-hybridized carbons (Fsp3) is 0.509. The Labute approximate surface area is 372 Å². The Kier molecular flexibility index (Phi) is 44.3. The van der Waals surface area contributed by atoms with Gasteiger partial charge in [0.1, 0.15) is 13.2 Å². The lowest BCUT2D eigenvalue weighted by molar-refractivity contribution is -0.166. The van der Waals surface area contributed by atoms with Gasteiger partial charge in [0.05, 0.1) is 0 Å². The summed E-state index contributed by atoms with van der Waals surface area (Å²) in [6, 6.07) is 0. The Bertz CT molecular complexity index is 1430. The molecule has 6 nitrogen and oxygen atoms in total. The van der Waals surface area contributed by atoms with Crippen LogP contribution in [0.2, 0.25) is 0 Å². The largest absolute Gasteiger partial charge is 0.462 e. The molecule has 0 N–H and O–H groups in total. The van der Waals surface area contributed by atoms with Crippen LogP contribution < -0.4 is 0 Å². The highest BCUT2D eigenvalue weighted by atomic mass is 16.6. The van der Waals surface area contributed by atoms with Gasteiger partial charge in [-0.05, 0) is 103 Å². The van der Waals surface area contributed by atoms with Crippen molar-refractivity contribution in [1.82, 2.24) is 0 Å². The van der Waals surface area contributed by atoms with Crippen LogP contribution in [0.1, 0.15) is 162 Å². The number of rotatable bonds is 39. The average Bonchev–Trinajstić information content (AvgIpc) is 3.26. The molecular formula is C55H82O6. The molecule has 0 aromatic heterocycles. The van der Waals surface area contributed by atoms with Crippen molar-refractivity contribution in [3.63, 3.8) is 0 Å². The third-order valence-electron chi connectivity index (χ3n) is 8.93. The van der Waals surface area contributed by atoms with Crippen molar-refractivity contribution in [3.05, 3.63) is 146 Å². The molecule has 0 aliphatic carbocycles. The predicted octanol–water partition coefficient (Wildman–Crippen LogP) is 15.3. The summed E-state index contributed by atoms with van der Waals surface area (Å²) in [5, 5.41) is 0. The first-order valence-corrected chi connectivity index (χ1v) is 23.4. The van der Waals surface area contributed by atoms with E-state index in [-0.39, 0.29) is 50.4 Å². The van der Waals surface area contributed by atoms with E-state index < -0.39 is 6.10 Å². The van der Waals surface area contributed by atoms with E-state index in [4.69, 9.17) is 14.2 Å². The highest BCUT2D eigenvalue weighted by Crippen LogP contribution is 2.10. The lowest BCUT2D eigenvalue weighted by atomic mass is 10.1. The van der Waals surface area contributed by atoms with E-state index in [9.17, 15) is 14.4 Å². The monoisotopic (exact) mass is 839 g/mol. The van der Waals surface area contributed by atoms with Gasteiger partial charge in [0, 0.05) is 19.3 Å². The van der Waals surface area contributed by atoms with Crippen LogP contribution in [0, 0.1) is 0 Å². The number of unbranched alkanes of at least 4 members (excludes halogenated alkanes) is 7. The lowest BCUT2D eigenvalue weighted by Gasteiger charge is -2.18. The standard InChI is InChI=1S/C55H82O6/c1-4-7-10-13-16-19-22-25-27-28-31-33-36-39-42-45-48-54(57)60-51-52(50-59-53(56)47-44-41-38-35-32-29-24-21-18-15-12-9-6-3)61-55(58)49-46-43-40-37-34-30-26-23-20-17-14-11-8-5-2/h7-12,15-21,24-27,29-33,39,42,52H,4-6,13-14,22-23,28,34-38,40-41,43-51H2,1-3H3/b10-7+,11-8+,12-9+,18-15+,19-16+,20-17+,24-21+,27-25+,30-26+,32-29+,33-31+,42-39+. The number of hydrogen-bond acceptors (Lipinski definition) is 6. The minimum absolute atomic E-state index is 0.138. The molecule has 0 aromatic rings. The molecule has 0 aliphatic heterocycles. The summed E-state index contributed by atoms with van der Waals surface area (Å²) in [5.41, 5.74) is 0. The number of carbonyl (C=O) groups is 3. The molecule has 0 fully saturated rings. The first-order chi connectivity index (χ1) is 30.0. The Balaban J connectivity index is 4.64. The zero-order valence-electron chi connectivity index (χ0n) is 38.4. The van der Waals surface area contributed by atoms with Crippen LogP contribution in [-0.4, -0.2) is 37.2 Å². The van der Waals surface area contributed by atoms with E-state index in [1.165, 1.54) is 0 Å². The Morgan fingerprint density at radius 2 is 0.705 bits per heavy atom. The van der Waals surface area contributed by atoms with Gasteiger partial charge in [0.25, 0.3) is 0 Å². The molecule has 61 heavy (non-hydrogen) atoms. The number of ether oxygens (including phenoxy) is 3. The van der Waals surface area contributed by atoms with Gasteiger partial charge in [-0.1, -0.05) is 186 Å². The quantitative estimate of drug-likeness (QED) is 0.0202. The molecular weight excluding hydrogens is 757 g/mol. The van der Waals surface area contributed by atoms with Crippen molar-refractivity contribution in [2.75, 3.05) is 13.2 Å². The minimum atomic E-state index is -0.841. The Morgan fingerprint density at radius 1 is 0.344 bits per heavy atom.